The van der Waals surface area contributed by atoms with Gasteiger partial charge in [-0.25, -0.2) is 19.1 Å². The number of hydrogen-bond donors (Lipinski definition) is 3. The highest BCUT2D eigenvalue weighted by Gasteiger charge is 2.23. The van der Waals surface area contributed by atoms with Crippen LogP contribution in [-0.2, 0) is 37.2 Å². The molecule has 0 aliphatic carbocycles. The minimum absolute atomic E-state index is 0. The van der Waals surface area contributed by atoms with E-state index in [0.717, 1.165) is 44.5 Å². The molecule has 0 aliphatic heterocycles. The van der Waals surface area contributed by atoms with E-state index >= 15 is 0 Å². The number of esters is 1. The number of methoxy groups -OCH3 is 1. The summed E-state index contributed by atoms with van der Waals surface area (Å²) in [5, 5.41) is 26.5. The number of pyridine rings is 2. The van der Waals surface area contributed by atoms with Crippen molar-refractivity contribution in [3.63, 3.8) is 0 Å². The molecule has 0 saturated heterocycles. The summed E-state index contributed by atoms with van der Waals surface area (Å²) in [5.74, 6) is -1.16. The van der Waals surface area contributed by atoms with Crippen LogP contribution < -0.4 is 0 Å². The zero-order valence-electron chi connectivity index (χ0n) is 54.9. The largest absolute Gasteiger partial charge is 0.478 e. The van der Waals surface area contributed by atoms with Crippen LogP contribution in [0.1, 0.15) is 205 Å². The zero-order chi connectivity index (χ0) is 63.7. The molecule has 6 aromatic heterocycles. The maximum atomic E-state index is 11.4. The van der Waals surface area contributed by atoms with Crippen molar-refractivity contribution in [1.29, 1.82) is 0 Å². The molecule has 11 rings (SSSR count). The third-order valence-corrected chi connectivity index (χ3v) is 14.8. The van der Waals surface area contributed by atoms with Gasteiger partial charge in [0.25, 0.3) is 0 Å². The van der Waals surface area contributed by atoms with E-state index in [1.807, 2.05) is 65.7 Å². The Hall–Kier alpha value is -8.51. The Morgan fingerprint density at radius 2 is 1.16 bits per heavy atom. The van der Waals surface area contributed by atoms with Crippen molar-refractivity contribution in [1.82, 2.24) is 39.7 Å². The molecule has 0 saturated carbocycles. The van der Waals surface area contributed by atoms with E-state index in [4.69, 9.17) is 4.74 Å². The fraction of sp³-hybridized carbons (Fsp3) is 0.382. The predicted molar refractivity (Wildman–Crippen MR) is 371 cm³/mol. The lowest BCUT2D eigenvalue weighted by atomic mass is 9.83. The van der Waals surface area contributed by atoms with Gasteiger partial charge in [-0.15, -0.1) is 0 Å². The van der Waals surface area contributed by atoms with Gasteiger partial charge in [0, 0.05) is 69.2 Å². The second-order valence-electron chi connectivity index (χ2n) is 28.1. The van der Waals surface area contributed by atoms with Gasteiger partial charge in [0.1, 0.15) is 0 Å². The Labute approximate surface area is 525 Å². The number of carboxylic acid groups (broad SMARTS) is 1. The summed E-state index contributed by atoms with van der Waals surface area (Å²) < 4.78 is 6.59. The zero-order valence-corrected chi connectivity index (χ0v) is 54.9. The molecule has 0 atom stereocenters. The van der Waals surface area contributed by atoms with Gasteiger partial charge in [-0.2, -0.15) is 10.2 Å². The quantitative estimate of drug-likeness (QED) is 0.143. The van der Waals surface area contributed by atoms with Gasteiger partial charge in [0.2, 0.25) is 0 Å². The van der Waals surface area contributed by atoms with Crippen LogP contribution in [0.2, 0.25) is 0 Å². The number of benzene rings is 5. The lowest BCUT2D eigenvalue weighted by Crippen LogP contribution is -2.15. The van der Waals surface area contributed by atoms with Crippen molar-refractivity contribution in [2.75, 3.05) is 7.11 Å². The molecule has 12 nitrogen and oxygen atoms in total. The third-order valence-electron chi connectivity index (χ3n) is 14.8. The molecule has 88 heavy (non-hydrogen) atoms. The van der Waals surface area contributed by atoms with Gasteiger partial charge in [-0.1, -0.05) is 194 Å². The van der Waals surface area contributed by atoms with Gasteiger partial charge in [0.05, 0.1) is 41.2 Å². The van der Waals surface area contributed by atoms with Crippen molar-refractivity contribution >= 4 is 61.1 Å². The van der Waals surface area contributed by atoms with Crippen LogP contribution in [0.15, 0.2) is 159 Å². The SMILES string of the molecule is C.C.CC(C)(C)c1cc(C(=O)O)c2cc[nH]c2c1.CC(C)(C)c1cccc2ncccc12.CC(C)(C)c1cnc2cccnn12.CC(C)(C)c1cncc2ccccc12.COC(=O)c1ccc(C)c(C(C)(C)C)c1.Cc1[nH]nc2ccc(C(C)(C)C)cc12. The number of nitrogens with one attached hydrogen (secondary N) is 2. The van der Waals surface area contributed by atoms with Crippen LogP contribution in [0.3, 0.4) is 0 Å². The number of H-pyrrole nitrogens is 2. The number of carbonyl (C=O) groups is 2. The number of nitrogens with zero attached hydrogens (tertiary/aromatic N) is 6. The molecular weight excluding hydrogens is 1090 g/mol. The van der Waals surface area contributed by atoms with Crippen molar-refractivity contribution < 1.29 is 19.4 Å². The minimum atomic E-state index is -0.879. The Bertz CT molecular complexity index is 3980. The van der Waals surface area contributed by atoms with Crippen molar-refractivity contribution in [2.24, 2.45) is 0 Å². The molecule has 0 unspecified atom stereocenters. The Balaban J connectivity index is 0.000000225. The summed E-state index contributed by atoms with van der Waals surface area (Å²) in [6.45, 7) is 43.2. The normalized spacial score (nSPS) is 11.6. The van der Waals surface area contributed by atoms with Crippen molar-refractivity contribution in [3.8, 4) is 0 Å². The Kier molecular flexibility index (Phi) is 23.7. The van der Waals surface area contributed by atoms with E-state index in [1.165, 1.54) is 56.5 Å². The van der Waals surface area contributed by atoms with Crippen LogP contribution >= 0.6 is 0 Å². The molecule has 5 aromatic carbocycles. The first-order chi connectivity index (χ1) is 40.0. The van der Waals surface area contributed by atoms with Gasteiger partial charge in [-0.3, -0.25) is 15.1 Å². The first kappa shape index (κ1) is 72.0. The molecule has 3 N–H and O–H groups in total. The topological polar surface area (TPSA) is 164 Å². The number of carboxylic acids is 1. The molecule has 0 bridgehead atoms. The molecule has 0 radical (unpaired) electrons. The molecular formula is C76H100N8O4. The standard InChI is InChI=1S/C13H15NO2.2C13H15N.C13H18O2.C12H16N2.C10H13N3.2CH4/c1-13(2,3)8-6-10(12(15)16)9-4-5-14-11(9)7-8;1-13(2,3)11-7-4-8-12-10(11)6-5-9-14-12;1-13(2,3)12-9-14-8-10-6-4-5-7-11(10)12;1-9-6-7-10(12(14)15-5)8-11(9)13(2,3)4;1-8-10-7-9(12(2,3)4)5-6-11(10)14-13-8;1-10(2,3)8-7-11-9-5-4-6-12-13(8)9;;/h4-7,14H,1-3H3,(H,15,16);2*4-9H,1-3H3;6-8H,1-5H3;5-7H,1-4H3,(H,13,14);4-7H,1-3H3;2*1H4. The number of aromatic carboxylic acids is 1. The molecule has 468 valence electrons. The summed E-state index contributed by atoms with van der Waals surface area (Å²) in [6, 6.07) is 40.5. The highest BCUT2D eigenvalue weighted by Crippen LogP contribution is 2.33. The lowest BCUT2D eigenvalue weighted by molar-refractivity contribution is 0.0599. The average molecular weight is 1190 g/mol. The second-order valence-corrected chi connectivity index (χ2v) is 28.1. The van der Waals surface area contributed by atoms with Crippen molar-refractivity contribution in [3.05, 3.63) is 214 Å². The van der Waals surface area contributed by atoms with Crippen LogP contribution in [0.4, 0.5) is 0 Å². The maximum absolute atomic E-state index is 11.4. The van der Waals surface area contributed by atoms with Crippen LogP contribution in [-0.4, -0.2) is 63.9 Å². The molecule has 0 fully saturated rings. The van der Waals surface area contributed by atoms with E-state index in [1.54, 1.807) is 30.6 Å². The van der Waals surface area contributed by atoms with Gasteiger partial charge < -0.3 is 14.8 Å². The maximum Gasteiger partial charge on any atom is 0.337 e. The van der Waals surface area contributed by atoms with Crippen LogP contribution in [0, 0.1) is 13.8 Å². The summed E-state index contributed by atoms with van der Waals surface area (Å²) in [6.07, 6.45) is 11.2. The Morgan fingerprint density at radius 3 is 1.77 bits per heavy atom. The van der Waals surface area contributed by atoms with E-state index in [9.17, 15) is 14.7 Å². The highest BCUT2D eigenvalue weighted by molar-refractivity contribution is 6.03. The van der Waals surface area contributed by atoms with E-state index in [-0.39, 0.29) is 53.3 Å². The summed E-state index contributed by atoms with van der Waals surface area (Å²) in [4.78, 5) is 38.5. The highest BCUT2D eigenvalue weighted by atomic mass is 16.5. The number of carbonyl (C=O) groups excluding carboxylic acids is 1. The number of fused-ring (bicyclic) bond motifs is 5. The van der Waals surface area contributed by atoms with E-state index in [0.29, 0.717) is 11.1 Å². The van der Waals surface area contributed by atoms with Crippen molar-refractivity contribution in [2.45, 2.75) is 186 Å². The fourth-order valence-corrected chi connectivity index (χ4v) is 9.87. The molecule has 12 heteroatoms. The van der Waals surface area contributed by atoms with E-state index in [2.05, 4.69) is 240 Å². The number of aryl methyl sites for hydroxylation is 2. The minimum Gasteiger partial charge on any atom is -0.478 e. The number of rotatable bonds is 2. The number of aromatic amines is 2. The van der Waals surface area contributed by atoms with E-state index < -0.39 is 5.97 Å². The van der Waals surface area contributed by atoms with Gasteiger partial charge in [0.15, 0.2) is 5.65 Å². The summed E-state index contributed by atoms with van der Waals surface area (Å²) in [7, 11) is 1.40. The van der Waals surface area contributed by atoms with Crippen LogP contribution in [0.25, 0.3) is 49.1 Å². The number of ether oxygens (including phenoxy) is 1. The monoisotopic (exact) mass is 1190 g/mol. The summed E-state index contributed by atoms with van der Waals surface area (Å²) >= 11 is 0. The molecule has 11 aromatic rings. The number of imidazole rings is 1. The number of aromatic nitrogens is 8. The average Bonchev–Trinajstić information content (AvgIpc) is 2.58. The molecule has 0 aliphatic rings. The summed E-state index contributed by atoms with van der Waals surface area (Å²) in [5.41, 5.74) is 15.3. The lowest BCUT2D eigenvalue weighted by Gasteiger charge is -2.22. The Morgan fingerprint density at radius 1 is 0.523 bits per heavy atom. The smallest absolute Gasteiger partial charge is 0.337 e. The predicted octanol–water partition coefficient (Wildman–Crippen LogP) is 19.8. The van der Waals surface area contributed by atoms with Gasteiger partial charge >= 0.3 is 11.9 Å². The van der Waals surface area contributed by atoms with Gasteiger partial charge in [-0.05, 0) is 146 Å². The molecule has 0 spiro atoms. The first-order valence-electron chi connectivity index (χ1n) is 29.5. The fourth-order valence-electron chi connectivity index (χ4n) is 9.87. The molecule has 6 heterocycles. The number of hydrogen-bond acceptors (Lipinski definition) is 8. The second kappa shape index (κ2) is 29.0. The third kappa shape index (κ3) is 18.5. The first-order valence-corrected chi connectivity index (χ1v) is 29.5. The van der Waals surface area contributed by atoms with Crippen LogP contribution in [0.5, 0.6) is 0 Å². The molecule has 0 amide bonds.